The molecule has 3 N–H and O–H groups in total. The van der Waals surface area contributed by atoms with Crippen molar-refractivity contribution in [3.8, 4) is 0 Å². The molecular weight excluding hydrogens is 434 g/mol. The predicted octanol–water partition coefficient (Wildman–Crippen LogP) is 5.59. The van der Waals surface area contributed by atoms with Gasteiger partial charge in [-0.05, 0) is 42.5 Å². The minimum atomic E-state index is -1.33. The first-order chi connectivity index (χ1) is 15.9. The second-order valence-electron chi connectivity index (χ2n) is 8.36. The van der Waals surface area contributed by atoms with Gasteiger partial charge in [0.2, 0.25) is 5.91 Å². The number of thiophene rings is 1. The zero-order chi connectivity index (χ0) is 23.4. The van der Waals surface area contributed by atoms with E-state index in [1.54, 1.807) is 6.92 Å². The number of benzene rings is 2. The average molecular weight is 462 g/mol. The van der Waals surface area contributed by atoms with E-state index in [1.807, 2.05) is 85.2 Å². The molecule has 0 fully saturated rings. The Labute approximate surface area is 196 Å². The predicted molar refractivity (Wildman–Crippen MR) is 131 cm³/mol. The lowest BCUT2D eigenvalue weighted by molar-refractivity contribution is -0.132. The van der Waals surface area contributed by atoms with Gasteiger partial charge in [0.25, 0.3) is 0 Å². The zero-order valence-electron chi connectivity index (χ0n) is 18.6. The number of carbonyl (C=O) groups excluding carboxylic acids is 1. The normalized spacial score (nSPS) is 13.9. The van der Waals surface area contributed by atoms with Crippen molar-refractivity contribution in [2.75, 3.05) is 0 Å². The molecule has 0 saturated heterocycles. The molecule has 0 aliphatic rings. The average Bonchev–Trinajstić information content (AvgIpc) is 3.48. The Morgan fingerprint density at radius 3 is 2.52 bits per heavy atom. The molecule has 0 radical (unpaired) electrons. The third kappa shape index (κ3) is 4.78. The van der Waals surface area contributed by atoms with Gasteiger partial charge in [0.1, 0.15) is 5.54 Å². The van der Waals surface area contributed by atoms with E-state index in [1.165, 1.54) is 16.2 Å². The van der Waals surface area contributed by atoms with Gasteiger partial charge in [-0.2, -0.15) is 0 Å². The van der Waals surface area contributed by atoms with E-state index in [0.717, 1.165) is 26.9 Å². The molecule has 2 atom stereocenters. The van der Waals surface area contributed by atoms with E-state index >= 15 is 0 Å². The summed E-state index contributed by atoms with van der Waals surface area (Å²) in [4.78, 5) is 31.6. The number of hydrogen-bond donors (Lipinski definition) is 3. The molecule has 7 heteroatoms. The summed E-state index contributed by atoms with van der Waals surface area (Å²) in [5, 5.41) is 16.1. The van der Waals surface area contributed by atoms with Gasteiger partial charge in [-0.25, -0.2) is 4.79 Å². The largest absolute Gasteiger partial charge is 0.465 e. The maximum absolute atomic E-state index is 13.8. The van der Waals surface area contributed by atoms with E-state index in [-0.39, 0.29) is 24.9 Å². The van der Waals surface area contributed by atoms with Crippen LogP contribution in [0.3, 0.4) is 0 Å². The van der Waals surface area contributed by atoms with Crippen LogP contribution in [0.15, 0.2) is 78.3 Å². The molecule has 170 valence electrons. The van der Waals surface area contributed by atoms with Gasteiger partial charge < -0.3 is 15.4 Å². The number of nitrogens with one attached hydrogen (secondary N) is 2. The van der Waals surface area contributed by atoms with E-state index < -0.39 is 11.6 Å². The molecule has 2 aromatic carbocycles. The molecular formula is C26H27N3O3S. The first kappa shape index (κ1) is 22.6. The molecule has 33 heavy (non-hydrogen) atoms. The molecule has 4 aromatic rings. The third-order valence-electron chi connectivity index (χ3n) is 6.07. The van der Waals surface area contributed by atoms with Crippen LogP contribution in [0, 0.1) is 0 Å². The maximum atomic E-state index is 13.8. The first-order valence-corrected chi connectivity index (χ1v) is 11.7. The highest BCUT2D eigenvalue weighted by molar-refractivity contribution is 7.09. The zero-order valence-corrected chi connectivity index (χ0v) is 19.4. The van der Waals surface area contributed by atoms with Crippen molar-refractivity contribution in [1.29, 1.82) is 0 Å². The fraction of sp³-hybridized carbons (Fsp3) is 0.231. The molecule has 0 aliphatic carbocycles. The quantitative estimate of drug-likeness (QED) is 0.320. The second kappa shape index (κ2) is 9.50. The molecule has 0 spiro atoms. The summed E-state index contributed by atoms with van der Waals surface area (Å²) in [6, 6.07) is 21.0. The number of carbonyl (C=O) groups is 2. The minimum absolute atomic E-state index is 0.138. The lowest BCUT2D eigenvalue weighted by Crippen LogP contribution is -2.59. The molecule has 0 aliphatic heterocycles. The van der Waals surface area contributed by atoms with Crippen LogP contribution in [-0.2, 0) is 17.8 Å². The Morgan fingerprint density at radius 2 is 1.82 bits per heavy atom. The Hall–Kier alpha value is -3.58. The van der Waals surface area contributed by atoms with E-state index in [4.69, 9.17) is 0 Å². The van der Waals surface area contributed by atoms with E-state index in [2.05, 4.69) is 10.3 Å². The minimum Gasteiger partial charge on any atom is -0.465 e. The molecule has 0 bridgehead atoms. The van der Waals surface area contributed by atoms with Gasteiger partial charge in [0.05, 0.1) is 12.6 Å². The Bertz CT molecular complexity index is 1240. The van der Waals surface area contributed by atoms with Crippen molar-refractivity contribution in [2.24, 2.45) is 0 Å². The Morgan fingerprint density at radius 1 is 1.09 bits per heavy atom. The van der Waals surface area contributed by atoms with Crippen LogP contribution in [0.4, 0.5) is 4.79 Å². The van der Waals surface area contributed by atoms with Crippen molar-refractivity contribution in [1.82, 2.24) is 15.2 Å². The highest BCUT2D eigenvalue weighted by atomic mass is 32.1. The molecule has 4 rings (SSSR count). The molecule has 2 amide bonds. The summed E-state index contributed by atoms with van der Waals surface area (Å²) >= 11 is 1.47. The Balaban J connectivity index is 1.71. The summed E-state index contributed by atoms with van der Waals surface area (Å²) in [5.41, 5.74) is 1.48. The van der Waals surface area contributed by atoms with Crippen molar-refractivity contribution in [3.05, 3.63) is 94.3 Å². The SMILES string of the molecule is C[C@@H](NC(=O)[C@](C)(Cc1c[nH]c2ccccc12)N(Cc1cccs1)C(=O)O)c1ccccc1. The van der Waals surface area contributed by atoms with Crippen molar-refractivity contribution >= 4 is 34.2 Å². The third-order valence-corrected chi connectivity index (χ3v) is 6.93. The summed E-state index contributed by atoms with van der Waals surface area (Å²) < 4.78 is 0. The number of aromatic nitrogens is 1. The first-order valence-electron chi connectivity index (χ1n) is 10.8. The summed E-state index contributed by atoms with van der Waals surface area (Å²) in [7, 11) is 0. The number of nitrogens with zero attached hydrogens (tertiary/aromatic N) is 1. The van der Waals surface area contributed by atoms with Gasteiger partial charge in [-0.15, -0.1) is 11.3 Å². The summed E-state index contributed by atoms with van der Waals surface area (Å²) in [5.74, 6) is -0.330. The van der Waals surface area contributed by atoms with Crippen LogP contribution in [0.2, 0.25) is 0 Å². The number of para-hydroxylation sites is 1. The van der Waals surface area contributed by atoms with Crippen LogP contribution in [0.5, 0.6) is 0 Å². The van der Waals surface area contributed by atoms with Gasteiger partial charge in [0, 0.05) is 28.4 Å². The van der Waals surface area contributed by atoms with Crippen molar-refractivity contribution in [3.63, 3.8) is 0 Å². The summed E-state index contributed by atoms with van der Waals surface area (Å²) in [6.45, 7) is 3.76. The number of carboxylic acid groups (broad SMARTS) is 1. The maximum Gasteiger partial charge on any atom is 0.408 e. The number of rotatable bonds is 8. The van der Waals surface area contributed by atoms with Crippen LogP contribution in [0.1, 0.15) is 35.9 Å². The van der Waals surface area contributed by atoms with Crippen molar-refractivity contribution in [2.45, 2.75) is 38.4 Å². The monoisotopic (exact) mass is 461 g/mol. The molecule has 2 aromatic heterocycles. The van der Waals surface area contributed by atoms with Crippen LogP contribution < -0.4 is 5.32 Å². The number of hydrogen-bond acceptors (Lipinski definition) is 3. The van der Waals surface area contributed by atoms with Crippen LogP contribution >= 0.6 is 11.3 Å². The smallest absolute Gasteiger partial charge is 0.408 e. The molecule has 2 heterocycles. The number of aromatic amines is 1. The molecule has 6 nitrogen and oxygen atoms in total. The Kier molecular flexibility index (Phi) is 6.51. The van der Waals surface area contributed by atoms with E-state index in [9.17, 15) is 14.7 Å². The standard InChI is InChI=1S/C26H27N3O3S/c1-18(19-9-4-3-5-10-19)28-24(30)26(2,29(25(31)32)17-21-11-8-14-33-21)15-20-16-27-23-13-7-6-12-22(20)23/h3-14,16,18,27H,15,17H2,1-2H3,(H,28,30)(H,31,32)/t18-,26+/m1/s1. The summed E-state index contributed by atoms with van der Waals surface area (Å²) in [6.07, 6.45) is 0.970. The highest BCUT2D eigenvalue weighted by Gasteiger charge is 2.43. The number of fused-ring (bicyclic) bond motifs is 1. The van der Waals surface area contributed by atoms with Gasteiger partial charge in [-0.1, -0.05) is 54.6 Å². The lowest BCUT2D eigenvalue weighted by atomic mass is 9.89. The van der Waals surface area contributed by atoms with Gasteiger partial charge in [0.15, 0.2) is 0 Å². The lowest BCUT2D eigenvalue weighted by Gasteiger charge is -2.39. The fourth-order valence-corrected chi connectivity index (χ4v) is 4.83. The number of H-pyrrole nitrogens is 1. The van der Waals surface area contributed by atoms with Crippen LogP contribution in [-0.4, -0.2) is 32.5 Å². The molecule has 0 unspecified atom stereocenters. The highest BCUT2D eigenvalue weighted by Crippen LogP contribution is 2.30. The van der Waals surface area contributed by atoms with Gasteiger partial charge in [-0.3, -0.25) is 9.69 Å². The van der Waals surface area contributed by atoms with Gasteiger partial charge >= 0.3 is 6.09 Å². The molecule has 0 saturated carbocycles. The van der Waals surface area contributed by atoms with Crippen LogP contribution in [0.25, 0.3) is 10.9 Å². The number of amides is 2. The fourth-order valence-electron chi connectivity index (χ4n) is 4.14. The topological polar surface area (TPSA) is 85.4 Å². The second-order valence-corrected chi connectivity index (χ2v) is 9.40. The van der Waals surface area contributed by atoms with Crippen molar-refractivity contribution < 1.29 is 14.7 Å². The van der Waals surface area contributed by atoms with E-state index in [0.29, 0.717) is 0 Å².